The molecule has 2 aromatic rings. The summed E-state index contributed by atoms with van der Waals surface area (Å²) in [6, 6.07) is 8.94. The Kier molecular flexibility index (Phi) is 6.04. The van der Waals surface area contributed by atoms with Gasteiger partial charge in [0.1, 0.15) is 11.6 Å². The van der Waals surface area contributed by atoms with E-state index in [4.69, 9.17) is 14.3 Å². The van der Waals surface area contributed by atoms with Crippen molar-refractivity contribution in [1.82, 2.24) is 4.90 Å². The van der Waals surface area contributed by atoms with Crippen LogP contribution in [0.3, 0.4) is 0 Å². The molecule has 0 fully saturated rings. The van der Waals surface area contributed by atoms with Gasteiger partial charge in [0.2, 0.25) is 12.7 Å². The maximum Gasteiger partial charge on any atom is 0.231 e. The summed E-state index contributed by atoms with van der Waals surface area (Å²) in [5, 5.41) is 4.19. The van der Waals surface area contributed by atoms with Crippen molar-refractivity contribution >= 4 is 11.6 Å². The average Bonchev–Trinajstić information content (AvgIpc) is 3.36. The lowest BCUT2D eigenvalue weighted by Crippen LogP contribution is -2.39. The van der Waals surface area contributed by atoms with Crippen molar-refractivity contribution in [2.24, 2.45) is 10.6 Å². The van der Waals surface area contributed by atoms with Crippen LogP contribution in [-0.2, 0) is 16.2 Å². The van der Waals surface area contributed by atoms with E-state index in [1.807, 2.05) is 39.0 Å². The lowest BCUT2D eigenvalue weighted by molar-refractivity contribution is -0.135. The van der Waals surface area contributed by atoms with Crippen LogP contribution in [0.2, 0.25) is 0 Å². The number of amides is 1. The van der Waals surface area contributed by atoms with Gasteiger partial charge in [-0.2, -0.15) is 0 Å². The van der Waals surface area contributed by atoms with Crippen LogP contribution in [0.15, 0.2) is 41.6 Å². The zero-order chi connectivity index (χ0) is 22.9. The molecule has 1 amide bonds. The minimum Gasteiger partial charge on any atom is -0.454 e. The molecule has 0 saturated heterocycles. The lowest BCUT2D eigenvalue weighted by atomic mass is 9.91. The predicted molar refractivity (Wildman–Crippen MR) is 114 cm³/mol. The molecule has 0 radical (unpaired) electrons. The summed E-state index contributed by atoms with van der Waals surface area (Å²) >= 11 is 0. The Morgan fingerprint density at radius 3 is 2.66 bits per heavy atom. The van der Waals surface area contributed by atoms with Crippen molar-refractivity contribution < 1.29 is 27.9 Å². The van der Waals surface area contributed by atoms with Crippen molar-refractivity contribution in [2.45, 2.75) is 46.3 Å². The van der Waals surface area contributed by atoms with Gasteiger partial charge in [-0.05, 0) is 29.7 Å². The molecule has 6 nitrogen and oxygen atoms in total. The van der Waals surface area contributed by atoms with Crippen molar-refractivity contribution in [1.29, 1.82) is 0 Å². The van der Waals surface area contributed by atoms with Gasteiger partial charge in [-0.3, -0.25) is 4.79 Å². The zero-order valence-electron chi connectivity index (χ0n) is 18.4. The minimum absolute atomic E-state index is 0.0280. The number of halogens is 2. The Hall–Kier alpha value is -3.16. The zero-order valence-corrected chi connectivity index (χ0v) is 18.4. The van der Waals surface area contributed by atoms with Gasteiger partial charge in [0, 0.05) is 36.6 Å². The van der Waals surface area contributed by atoms with E-state index in [2.05, 4.69) is 5.16 Å². The molecule has 4 rings (SSSR count). The number of oxime groups is 1. The van der Waals surface area contributed by atoms with Gasteiger partial charge in [-0.15, -0.1) is 0 Å². The smallest absolute Gasteiger partial charge is 0.231 e. The first-order valence-electron chi connectivity index (χ1n) is 10.5. The molecular weight excluding hydrogens is 418 g/mol. The highest BCUT2D eigenvalue weighted by atomic mass is 19.1. The minimum atomic E-state index is -0.678. The van der Waals surface area contributed by atoms with Crippen LogP contribution in [0.1, 0.15) is 44.7 Å². The fraction of sp³-hybridized carbons (Fsp3) is 0.417. The number of rotatable bonds is 6. The molecule has 1 unspecified atom stereocenters. The van der Waals surface area contributed by atoms with Crippen molar-refractivity contribution in [2.75, 3.05) is 13.3 Å². The first-order chi connectivity index (χ1) is 15.2. The van der Waals surface area contributed by atoms with E-state index in [1.54, 1.807) is 4.90 Å². The molecule has 8 heteroatoms. The van der Waals surface area contributed by atoms with Crippen LogP contribution in [-0.4, -0.2) is 36.0 Å². The van der Waals surface area contributed by atoms with E-state index < -0.39 is 11.6 Å². The van der Waals surface area contributed by atoms with E-state index in [1.165, 1.54) is 12.1 Å². The Balaban J connectivity index is 1.46. The Morgan fingerprint density at radius 2 is 1.91 bits per heavy atom. The van der Waals surface area contributed by atoms with Crippen LogP contribution in [0, 0.1) is 17.0 Å². The van der Waals surface area contributed by atoms with E-state index in [0.717, 1.165) is 17.3 Å². The summed E-state index contributed by atoms with van der Waals surface area (Å²) in [7, 11) is 0. The topological polar surface area (TPSA) is 60.4 Å². The normalized spacial score (nSPS) is 17.2. The Morgan fingerprint density at radius 1 is 1.12 bits per heavy atom. The fourth-order valence-corrected chi connectivity index (χ4v) is 3.69. The standard InChI is InChI=1S/C24H26F2N2O4/c1-24(2,3)11-23(29)28(12-16-4-6-17(25)9-19(16)26)13-18-10-20(27-32-18)15-5-7-21-22(8-15)31-14-30-21/h4-9,18H,10-14H2,1-3H3. The van der Waals surface area contributed by atoms with Gasteiger partial charge in [0.15, 0.2) is 17.6 Å². The fourth-order valence-electron chi connectivity index (χ4n) is 3.69. The second-order valence-electron chi connectivity index (χ2n) is 9.28. The number of nitrogens with zero attached hydrogens (tertiary/aromatic N) is 2. The number of fused-ring (bicyclic) bond motifs is 1. The summed E-state index contributed by atoms with van der Waals surface area (Å²) in [5.41, 5.74) is 1.61. The molecule has 2 heterocycles. The van der Waals surface area contributed by atoms with Crippen LogP contribution >= 0.6 is 0 Å². The third kappa shape index (κ3) is 5.18. The van der Waals surface area contributed by atoms with Gasteiger partial charge in [-0.25, -0.2) is 8.78 Å². The van der Waals surface area contributed by atoms with Crippen LogP contribution in [0.4, 0.5) is 8.78 Å². The molecule has 2 aromatic carbocycles. The van der Waals surface area contributed by atoms with Gasteiger partial charge < -0.3 is 19.2 Å². The lowest BCUT2D eigenvalue weighted by Gasteiger charge is -2.28. The number of hydrogen-bond donors (Lipinski definition) is 0. The van der Waals surface area contributed by atoms with E-state index in [9.17, 15) is 13.6 Å². The average molecular weight is 444 g/mol. The number of hydrogen-bond acceptors (Lipinski definition) is 5. The maximum absolute atomic E-state index is 14.3. The summed E-state index contributed by atoms with van der Waals surface area (Å²) in [4.78, 5) is 20.2. The van der Waals surface area contributed by atoms with E-state index in [0.29, 0.717) is 24.3 Å². The van der Waals surface area contributed by atoms with E-state index >= 15 is 0 Å². The number of benzene rings is 2. The first-order valence-corrected chi connectivity index (χ1v) is 10.5. The van der Waals surface area contributed by atoms with Gasteiger partial charge in [-0.1, -0.05) is 32.0 Å². The third-order valence-corrected chi connectivity index (χ3v) is 5.27. The summed E-state index contributed by atoms with van der Waals surface area (Å²) in [6.07, 6.45) is 0.409. The van der Waals surface area contributed by atoms with Gasteiger partial charge >= 0.3 is 0 Å². The highest BCUT2D eigenvalue weighted by molar-refractivity contribution is 6.01. The Bertz CT molecular complexity index is 1050. The molecular formula is C24H26F2N2O4. The molecule has 0 bridgehead atoms. The predicted octanol–water partition coefficient (Wildman–Crippen LogP) is 4.65. The summed E-state index contributed by atoms with van der Waals surface area (Å²) in [6.45, 7) is 6.36. The number of carbonyl (C=O) groups is 1. The SMILES string of the molecule is CC(C)(C)CC(=O)N(Cc1ccc(F)cc1F)CC1CC(c2ccc3c(c2)OCO3)=NO1. The largest absolute Gasteiger partial charge is 0.454 e. The molecule has 0 aromatic heterocycles. The monoisotopic (exact) mass is 444 g/mol. The number of ether oxygens (including phenoxy) is 2. The quantitative estimate of drug-likeness (QED) is 0.651. The summed E-state index contributed by atoms with van der Waals surface area (Å²) < 4.78 is 38.3. The maximum atomic E-state index is 14.3. The summed E-state index contributed by atoms with van der Waals surface area (Å²) in [5.74, 6) is -0.114. The molecule has 170 valence electrons. The van der Waals surface area contributed by atoms with Gasteiger partial charge in [0.25, 0.3) is 0 Å². The molecule has 2 aliphatic rings. The highest BCUT2D eigenvalue weighted by Crippen LogP contribution is 2.34. The number of carbonyl (C=O) groups excluding carboxylic acids is 1. The molecule has 0 saturated carbocycles. The molecule has 0 N–H and O–H groups in total. The second-order valence-corrected chi connectivity index (χ2v) is 9.28. The molecule has 1 atom stereocenters. The molecule has 0 spiro atoms. The molecule has 32 heavy (non-hydrogen) atoms. The third-order valence-electron chi connectivity index (χ3n) is 5.27. The van der Waals surface area contributed by atoms with Crippen molar-refractivity contribution in [3.8, 4) is 11.5 Å². The van der Waals surface area contributed by atoms with Crippen molar-refractivity contribution in [3.63, 3.8) is 0 Å². The highest BCUT2D eigenvalue weighted by Gasteiger charge is 2.30. The van der Waals surface area contributed by atoms with Gasteiger partial charge in [0.05, 0.1) is 12.3 Å². The van der Waals surface area contributed by atoms with Crippen LogP contribution < -0.4 is 9.47 Å². The molecule has 2 aliphatic heterocycles. The van der Waals surface area contributed by atoms with E-state index in [-0.39, 0.29) is 42.9 Å². The van der Waals surface area contributed by atoms with Crippen molar-refractivity contribution in [3.05, 3.63) is 59.2 Å². The second kappa shape index (κ2) is 8.76. The Labute approximate surface area is 185 Å². The van der Waals surface area contributed by atoms with Crippen LogP contribution in [0.25, 0.3) is 0 Å². The van der Waals surface area contributed by atoms with Crippen LogP contribution in [0.5, 0.6) is 11.5 Å². The first kappa shape index (κ1) is 22.0. The molecule has 0 aliphatic carbocycles.